The molecule has 7 heteroatoms. The maximum atomic E-state index is 12.9. The van der Waals surface area contributed by atoms with Crippen molar-refractivity contribution in [3.8, 4) is 11.1 Å². The number of ether oxygens (including phenoxy) is 1. The molecule has 0 radical (unpaired) electrons. The van der Waals surface area contributed by atoms with Gasteiger partial charge in [0.15, 0.2) is 0 Å². The summed E-state index contributed by atoms with van der Waals surface area (Å²) >= 11 is 0. The second-order valence-electron chi connectivity index (χ2n) is 8.98. The number of hydrogen-bond donors (Lipinski definition) is 4. The van der Waals surface area contributed by atoms with Crippen molar-refractivity contribution in [1.29, 1.82) is 0 Å². The summed E-state index contributed by atoms with van der Waals surface area (Å²) < 4.78 is 5.72. The first-order valence-corrected chi connectivity index (χ1v) is 11.5. The molecular formula is C28H33N3O4. The van der Waals surface area contributed by atoms with Crippen LogP contribution in [0.15, 0.2) is 78.9 Å². The summed E-state index contributed by atoms with van der Waals surface area (Å²) in [5, 5.41) is 15.1. The van der Waals surface area contributed by atoms with Gasteiger partial charge in [-0.05, 0) is 41.7 Å². The fourth-order valence-electron chi connectivity index (χ4n) is 3.45. The molecule has 0 fully saturated rings. The summed E-state index contributed by atoms with van der Waals surface area (Å²) in [7, 11) is 0. The van der Waals surface area contributed by atoms with Gasteiger partial charge in [-0.25, -0.2) is 0 Å². The molecular weight excluding hydrogens is 442 g/mol. The molecule has 0 heterocycles. The van der Waals surface area contributed by atoms with Gasteiger partial charge in [0.05, 0.1) is 25.4 Å². The highest BCUT2D eigenvalue weighted by atomic mass is 16.5. The average molecular weight is 476 g/mol. The average Bonchev–Trinajstić information content (AvgIpc) is 2.87. The molecule has 0 aliphatic carbocycles. The number of aliphatic hydroxyl groups excluding tert-OH is 1. The zero-order chi connectivity index (χ0) is 25.3. The molecule has 3 rings (SSSR count). The summed E-state index contributed by atoms with van der Waals surface area (Å²) in [4.78, 5) is 25.3. The van der Waals surface area contributed by atoms with Crippen LogP contribution in [0.4, 0.5) is 0 Å². The third-order valence-electron chi connectivity index (χ3n) is 5.52. The monoisotopic (exact) mass is 475 g/mol. The topological polar surface area (TPSA) is 114 Å². The Bertz CT molecular complexity index is 1110. The largest absolute Gasteiger partial charge is 0.392 e. The Kier molecular flexibility index (Phi) is 9.14. The quantitative estimate of drug-likeness (QED) is 0.341. The SMILES string of the molecule is CC(C)(N)C(=O)N[C@H](COCc1ccccc1)C(=O)NCc1ccc(-c2ccccc2CO)cc1. The van der Waals surface area contributed by atoms with Crippen molar-refractivity contribution in [3.63, 3.8) is 0 Å². The minimum absolute atomic E-state index is 0.0133. The Labute approximate surface area is 206 Å². The van der Waals surface area contributed by atoms with Crippen LogP contribution in [0, 0.1) is 0 Å². The van der Waals surface area contributed by atoms with Crippen molar-refractivity contribution in [2.45, 2.75) is 45.2 Å². The highest BCUT2D eigenvalue weighted by Crippen LogP contribution is 2.24. The number of nitrogens with two attached hydrogens (primary N) is 1. The second kappa shape index (κ2) is 12.3. The van der Waals surface area contributed by atoms with Crippen LogP contribution in [0.5, 0.6) is 0 Å². The summed E-state index contributed by atoms with van der Waals surface area (Å²) in [6, 6.07) is 24.1. The van der Waals surface area contributed by atoms with Gasteiger partial charge in [0, 0.05) is 6.54 Å². The van der Waals surface area contributed by atoms with Crippen LogP contribution in [0.1, 0.15) is 30.5 Å². The van der Waals surface area contributed by atoms with Crippen molar-refractivity contribution in [1.82, 2.24) is 10.6 Å². The Hall–Kier alpha value is -3.52. The zero-order valence-electron chi connectivity index (χ0n) is 20.2. The normalized spacial score (nSPS) is 12.1. The van der Waals surface area contributed by atoms with Gasteiger partial charge in [-0.1, -0.05) is 78.9 Å². The van der Waals surface area contributed by atoms with E-state index >= 15 is 0 Å². The summed E-state index contributed by atoms with van der Waals surface area (Å²) in [6.07, 6.45) is 0. The molecule has 0 saturated carbocycles. The standard InChI is InChI=1S/C28H33N3O4/c1-28(2,29)27(34)31-25(19-35-18-21-8-4-3-5-9-21)26(33)30-16-20-12-14-22(15-13-20)24-11-7-6-10-23(24)17-32/h3-15,25,32H,16-19,29H2,1-2H3,(H,30,33)(H,31,34)/t25-/m1/s1. The van der Waals surface area contributed by atoms with Crippen molar-refractivity contribution >= 4 is 11.8 Å². The lowest BCUT2D eigenvalue weighted by atomic mass is 9.99. The number of aliphatic hydroxyl groups is 1. The predicted molar refractivity (Wildman–Crippen MR) is 136 cm³/mol. The number of rotatable bonds is 11. The Balaban J connectivity index is 1.61. The third kappa shape index (κ3) is 7.75. The van der Waals surface area contributed by atoms with Gasteiger partial charge in [-0.3, -0.25) is 9.59 Å². The van der Waals surface area contributed by atoms with Crippen molar-refractivity contribution in [3.05, 3.63) is 95.6 Å². The number of hydrogen-bond acceptors (Lipinski definition) is 5. The molecule has 5 N–H and O–H groups in total. The van der Waals surface area contributed by atoms with E-state index in [9.17, 15) is 14.7 Å². The van der Waals surface area contributed by atoms with Gasteiger partial charge in [-0.2, -0.15) is 0 Å². The van der Waals surface area contributed by atoms with Crippen LogP contribution >= 0.6 is 0 Å². The van der Waals surface area contributed by atoms with Gasteiger partial charge < -0.3 is 26.2 Å². The summed E-state index contributed by atoms with van der Waals surface area (Å²) in [6.45, 7) is 3.75. The third-order valence-corrected chi connectivity index (χ3v) is 5.52. The Morgan fingerprint density at radius 2 is 1.60 bits per heavy atom. The van der Waals surface area contributed by atoms with Crippen LogP contribution in [0.2, 0.25) is 0 Å². The lowest BCUT2D eigenvalue weighted by molar-refractivity contribution is -0.132. The minimum Gasteiger partial charge on any atom is -0.392 e. The molecule has 0 aromatic heterocycles. The number of carbonyl (C=O) groups is 2. The summed E-state index contributed by atoms with van der Waals surface area (Å²) in [5.74, 6) is -0.793. The highest BCUT2D eigenvalue weighted by Gasteiger charge is 2.28. The number of amides is 2. The molecule has 0 aliphatic heterocycles. The van der Waals surface area contributed by atoms with E-state index in [0.717, 1.165) is 27.8 Å². The van der Waals surface area contributed by atoms with Crippen molar-refractivity contribution in [2.75, 3.05) is 6.61 Å². The molecule has 184 valence electrons. The lowest BCUT2D eigenvalue weighted by Gasteiger charge is -2.24. The molecule has 3 aromatic rings. The van der Waals surface area contributed by atoms with E-state index in [0.29, 0.717) is 6.61 Å². The second-order valence-corrected chi connectivity index (χ2v) is 8.98. The van der Waals surface area contributed by atoms with Crippen LogP contribution in [-0.4, -0.2) is 35.1 Å². The van der Waals surface area contributed by atoms with Gasteiger partial charge in [-0.15, -0.1) is 0 Å². The minimum atomic E-state index is -1.13. The first-order chi connectivity index (χ1) is 16.8. The van der Waals surface area contributed by atoms with Crippen molar-refractivity contribution < 1.29 is 19.4 Å². The molecule has 0 saturated heterocycles. The smallest absolute Gasteiger partial charge is 0.245 e. The fraction of sp³-hybridized carbons (Fsp3) is 0.286. The Morgan fingerprint density at radius 1 is 0.943 bits per heavy atom. The fourth-order valence-corrected chi connectivity index (χ4v) is 3.45. The first kappa shape index (κ1) is 26.1. The van der Waals surface area contributed by atoms with E-state index in [1.807, 2.05) is 78.9 Å². The molecule has 0 bridgehead atoms. The molecule has 0 aliphatic rings. The lowest BCUT2D eigenvalue weighted by Crippen LogP contribution is -2.57. The van der Waals surface area contributed by atoms with Gasteiger partial charge >= 0.3 is 0 Å². The van der Waals surface area contributed by atoms with Gasteiger partial charge in [0.1, 0.15) is 6.04 Å². The maximum Gasteiger partial charge on any atom is 0.245 e. The van der Waals surface area contributed by atoms with Crippen molar-refractivity contribution in [2.24, 2.45) is 5.73 Å². The molecule has 1 atom stereocenters. The van der Waals surface area contributed by atoms with Gasteiger partial charge in [0.25, 0.3) is 0 Å². The van der Waals surface area contributed by atoms with Crippen LogP contribution in [0.25, 0.3) is 11.1 Å². The highest BCUT2D eigenvalue weighted by molar-refractivity contribution is 5.91. The number of carbonyl (C=O) groups excluding carboxylic acids is 2. The van der Waals surface area contributed by atoms with E-state index in [1.165, 1.54) is 0 Å². The molecule has 2 amide bonds. The van der Waals surface area contributed by atoms with E-state index in [2.05, 4.69) is 10.6 Å². The Morgan fingerprint density at radius 3 is 2.26 bits per heavy atom. The van der Waals surface area contributed by atoms with E-state index < -0.39 is 17.5 Å². The molecule has 7 nitrogen and oxygen atoms in total. The van der Waals surface area contributed by atoms with Gasteiger partial charge in [0.2, 0.25) is 11.8 Å². The van der Waals surface area contributed by atoms with Crippen LogP contribution in [0.3, 0.4) is 0 Å². The molecule has 0 unspecified atom stereocenters. The zero-order valence-corrected chi connectivity index (χ0v) is 20.2. The molecule has 3 aromatic carbocycles. The number of benzene rings is 3. The first-order valence-electron chi connectivity index (χ1n) is 11.5. The summed E-state index contributed by atoms with van der Waals surface area (Å²) in [5.41, 5.74) is 9.44. The predicted octanol–water partition coefficient (Wildman–Crippen LogP) is 2.90. The van der Waals surface area contributed by atoms with Crippen LogP contribution in [-0.2, 0) is 34.1 Å². The van der Waals surface area contributed by atoms with E-state index in [4.69, 9.17) is 10.5 Å². The maximum absolute atomic E-state index is 12.9. The molecule has 0 spiro atoms. The molecule has 35 heavy (non-hydrogen) atoms. The van der Waals surface area contributed by atoms with Crippen LogP contribution < -0.4 is 16.4 Å². The number of nitrogens with one attached hydrogen (secondary N) is 2. The van der Waals surface area contributed by atoms with E-state index in [1.54, 1.807) is 13.8 Å². The van der Waals surface area contributed by atoms with E-state index in [-0.39, 0.29) is 25.7 Å².